The first-order valence-electron chi connectivity index (χ1n) is 7.59. The van der Waals surface area contributed by atoms with E-state index in [1.807, 2.05) is 25.1 Å². The van der Waals surface area contributed by atoms with Gasteiger partial charge in [0.15, 0.2) is 5.69 Å². The number of aromatic nitrogens is 3. The summed E-state index contributed by atoms with van der Waals surface area (Å²) in [5, 5.41) is 12.2. The second-order valence-electron chi connectivity index (χ2n) is 5.71. The van der Waals surface area contributed by atoms with Gasteiger partial charge in [0.05, 0.1) is 12.4 Å². The Morgan fingerprint density at radius 1 is 1.39 bits per heavy atom. The number of aromatic carboxylic acids is 1. The molecule has 7 nitrogen and oxygen atoms in total. The number of rotatable bonds is 5. The third-order valence-electron chi connectivity index (χ3n) is 3.93. The van der Waals surface area contributed by atoms with Gasteiger partial charge in [0, 0.05) is 25.3 Å². The van der Waals surface area contributed by atoms with Crippen LogP contribution >= 0.6 is 0 Å². The summed E-state index contributed by atoms with van der Waals surface area (Å²) < 4.78 is 0. The van der Waals surface area contributed by atoms with Gasteiger partial charge in [-0.2, -0.15) is 0 Å². The number of aryl methyl sites for hydroxylation is 1. The first kappa shape index (κ1) is 15.2. The Bertz CT molecular complexity index is 689. The Hall–Kier alpha value is -2.70. The van der Waals surface area contributed by atoms with Crippen molar-refractivity contribution in [2.45, 2.75) is 13.3 Å². The Kier molecular flexibility index (Phi) is 4.36. The largest absolute Gasteiger partial charge is 0.476 e. The van der Waals surface area contributed by atoms with Crippen LogP contribution in [-0.4, -0.2) is 45.7 Å². The fourth-order valence-electron chi connectivity index (χ4n) is 2.69. The first-order valence-corrected chi connectivity index (χ1v) is 7.59. The standard InChI is InChI=1S/C16H19N5O2/c1-11-3-2-4-14(20-11)18-7-12-5-6-21(10-12)15-9-17-13(8-19-15)16(22)23/h2-4,8-9,12H,5-7,10H2,1H3,(H,18,20)(H,22,23). The van der Waals surface area contributed by atoms with Crippen LogP contribution in [0.15, 0.2) is 30.6 Å². The zero-order valence-electron chi connectivity index (χ0n) is 12.9. The molecule has 2 N–H and O–H groups in total. The van der Waals surface area contributed by atoms with Crippen LogP contribution in [0.4, 0.5) is 11.6 Å². The average Bonchev–Trinajstić information content (AvgIpc) is 3.02. The van der Waals surface area contributed by atoms with Crippen molar-refractivity contribution in [1.29, 1.82) is 0 Å². The van der Waals surface area contributed by atoms with Crippen LogP contribution in [0.3, 0.4) is 0 Å². The molecule has 1 aliphatic heterocycles. The number of nitrogens with one attached hydrogen (secondary N) is 1. The van der Waals surface area contributed by atoms with Crippen molar-refractivity contribution in [3.8, 4) is 0 Å². The summed E-state index contributed by atoms with van der Waals surface area (Å²) in [6.07, 6.45) is 3.89. The summed E-state index contributed by atoms with van der Waals surface area (Å²) in [4.78, 5) is 25.5. The van der Waals surface area contributed by atoms with E-state index in [4.69, 9.17) is 5.11 Å². The Morgan fingerprint density at radius 3 is 2.96 bits per heavy atom. The number of carbonyl (C=O) groups is 1. The lowest BCUT2D eigenvalue weighted by Gasteiger charge is -2.17. The number of nitrogens with zero attached hydrogens (tertiary/aromatic N) is 4. The minimum atomic E-state index is -1.06. The van der Waals surface area contributed by atoms with Crippen molar-refractivity contribution in [1.82, 2.24) is 15.0 Å². The Balaban J connectivity index is 1.55. The highest BCUT2D eigenvalue weighted by atomic mass is 16.4. The molecule has 0 radical (unpaired) electrons. The van der Waals surface area contributed by atoms with E-state index in [9.17, 15) is 4.79 Å². The van der Waals surface area contributed by atoms with E-state index in [0.717, 1.165) is 43.4 Å². The van der Waals surface area contributed by atoms with Crippen LogP contribution in [0, 0.1) is 12.8 Å². The molecule has 0 aliphatic carbocycles. The minimum absolute atomic E-state index is 0.0308. The molecular formula is C16H19N5O2. The quantitative estimate of drug-likeness (QED) is 0.870. The molecule has 1 atom stereocenters. The van der Waals surface area contributed by atoms with Crippen LogP contribution in [-0.2, 0) is 0 Å². The van der Waals surface area contributed by atoms with Crippen molar-refractivity contribution in [3.05, 3.63) is 42.0 Å². The lowest BCUT2D eigenvalue weighted by molar-refractivity contribution is 0.0690. The van der Waals surface area contributed by atoms with E-state index in [0.29, 0.717) is 5.92 Å². The second-order valence-corrected chi connectivity index (χ2v) is 5.71. The van der Waals surface area contributed by atoms with Crippen molar-refractivity contribution in [3.63, 3.8) is 0 Å². The molecule has 120 valence electrons. The molecule has 3 rings (SSSR count). The minimum Gasteiger partial charge on any atom is -0.476 e. The van der Waals surface area contributed by atoms with E-state index < -0.39 is 5.97 Å². The number of hydrogen-bond acceptors (Lipinski definition) is 6. The monoisotopic (exact) mass is 313 g/mol. The molecule has 23 heavy (non-hydrogen) atoms. The summed E-state index contributed by atoms with van der Waals surface area (Å²) in [6, 6.07) is 5.93. The van der Waals surface area contributed by atoms with Gasteiger partial charge in [-0.15, -0.1) is 0 Å². The molecule has 1 saturated heterocycles. The van der Waals surface area contributed by atoms with E-state index in [1.54, 1.807) is 0 Å². The fraction of sp³-hybridized carbons (Fsp3) is 0.375. The van der Waals surface area contributed by atoms with Gasteiger partial charge in [0.2, 0.25) is 0 Å². The molecule has 0 saturated carbocycles. The van der Waals surface area contributed by atoms with E-state index in [1.165, 1.54) is 12.4 Å². The normalized spacial score (nSPS) is 17.3. The molecule has 2 aromatic heterocycles. The van der Waals surface area contributed by atoms with Crippen molar-refractivity contribution < 1.29 is 9.90 Å². The highest BCUT2D eigenvalue weighted by Gasteiger charge is 2.23. The molecule has 0 bridgehead atoms. The molecule has 3 heterocycles. The summed E-state index contributed by atoms with van der Waals surface area (Å²) in [7, 11) is 0. The van der Waals surface area contributed by atoms with Gasteiger partial charge in [0.1, 0.15) is 11.6 Å². The van der Waals surface area contributed by atoms with Crippen molar-refractivity contribution in [2.24, 2.45) is 5.92 Å². The number of pyridine rings is 1. The van der Waals surface area contributed by atoms with Gasteiger partial charge in [-0.3, -0.25) is 0 Å². The predicted octanol–water partition coefficient (Wildman–Crippen LogP) is 1.82. The Morgan fingerprint density at radius 2 is 2.26 bits per heavy atom. The lowest BCUT2D eigenvalue weighted by atomic mass is 10.1. The molecule has 0 aromatic carbocycles. The second kappa shape index (κ2) is 6.60. The number of carboxylic acids is 1. The van der Waals surface area contributed by atoms with Crippen LogP contribution in [0.25, 0.3) is 0 Å². The third-order valence-corrected chi connectivity index (χ3v) is 3.93. The summed E-state index contributed by atoms with van der Waals surface area (Å²) >= 11 is 0. The third kappa shape index (κ3) is 3.74. The molecular weight excluding hydrogens is 294 g/mol. The van der Waals surface area contributed by atoms with E-state index in [-0.39, 0.29) is 5.69 Å². The average molecular weight is 313 g/mol. The molecule has 7 heteroatoms. The maximum absolute atomic E-state index is 10.8. The van der Waals surface area contributed by atoms with Gasteiger partial charge in [0.25, 0.3) is 0 Å². The molecule has 1 unspecified atom stereocenters. The van der Waals surface area contributed by atoms with Crippen LogP contribution in [0.5, 0.6) is 0 Å². The van der Waals surface area contributed by atoms with Gasteiger partial charge >= 0.3 is 5.97 Å². The topological polar surface area (TPSA) is 91.2 Å². The van der Waals surface area contributed by atoms with Crippen molar-refractivity contribution in [2.75, 3.05) is 29.9 Å². The number of anilines is 2. The first-order chi connectivity index (χ1) is 11.1. The van der Waals surface area contributed by atoms with E-state index >= 15 is 0 Å². The molecule has 1 aliphatic rings. The van der Waals surface area contributed by atoms with Gasteiger partial charge < -0.3 is 15.3 Å². The maximum Gasteiger partial charge on any atom is 0.356 e. The smallest absolute Gasteiger partial charge is 0.356 e. The van der Waals surface area contributed by atoms with Crippen LogP contribution < -0.4 is 10.2 Å². The molecule has 1 fully saturated rings. The van der Waals surface area contributed by atoms with Crippen molar-refractivity contribution >= 4 is 17.6 Å². The summed E-state index contributed by atoms with van der Waals surface area (Å²) in [5.41, 5.74) is 0.966. The SMILES string of the molecule is Cc1cccc(NCC2CCN(c3cnc(C(=O)O)cn3)C2)n1. The molecule has 0 spiro atoms. The highest BCUT2D eigenvalue weighted by Crippen LogP contribution is 2.22. The fourth-order valence-corrected chi connectivity index (χ4v) is 2.69. The summed E-state index contributed by atoms with van der Waals surface area (Å²) in [5.74, 6) is 1.07. The van der Waals surface area contributed by atoms with Crippen LogP contribution in [0.1, 0.15) is 22.6 Å². The van der Waals surface area contributed by atoms with Gasteiger partial charge in [-0.1, -0.05) is 6.07 Å². The molecule has 2 aromatic rings. The zero-order valence-corrected chi connectivity index (χ0v) is 12.9. The molecule has 0 amide bonds. The number of hydrogen-bond donors (Lipinski definition) is 2. The maximum atomic E-state index is 10.8. The van der Waals surface area contributed by atoms with Gasteiger partial charge in [-0.05, 0) is 31.4 Å². The van der Waals surface area contributed by atoms with Crippen LogP contribution in [0.2, 0.25) is 0 Å². The lowest BCUT2D eigenvalue weighted by Crippen LogP contribution is -2.23. The predicted molar refractivity (Wildman–Crippen MR) is 86.8 cm³/mol. The number of carboxylic acid groups (broad SMARTS) is 1. The van der Waals surface area contributed by atoms with E-state index in [2.05, 4.69) is 25.2 Å². The summed E-state index contributed by atoms with van der Waals surface area (Å²) in [6.45, 7) is 4.60. The van der Waals surface area contributed by atoms with Gasteiger partial charge in [-0.25, -0.2) is 19.7 Å². The highest BCUT2D eigenvalue weighted by molar-refractivity contribution is 5.84. The Labute approximate surface area is 134 Å². The zero-order chi connectivity index (χ0) is 16.2.